The van der Waals surface area contributed by atoms with Crippen molar-refractivity contribution in [2.75, 3.05) is 12.4 Å². The molecule has 0 bridgehead atoms. The molecular weight excluding hydrogens is 271 g/mol. The second-order valence-electron chi connectivity index (χ2n) is 4.38. The molecule has 0 aliphatic heterocycles. The van der Waals surface area contributed by atoms with Crippen molar-refractivity contribution in [3.63, 3.8) is 0 Å². The fourth-order valence-corrected chi connectivity index (χ4v) is 1.80. The normalized spacial score (nSPS) is 9.76. The number of carbonyl (C=O) groups is 1. The standard InChI is InChI=1S/C16H13FN2O2/c1-21-13-6-7-14(17)15(9-13)19-16(20)8-11-2-4-12(10-18)5-3-11/h2-7,9H,8H2,1H3,(H,19,20). The molecule has 0 saturated carbocycles. The minimum Gasteiger partial charge on any atom is -0.497 e. The van der Waals surface area contributed by atoms with Crippen LogP contribution in [-0.2, 0) is 11.2 Å². The van der Waals surface area contributed by atoms with E-state index in [4.69, 9.17) is 10.00 Å². The van der Waals surface area contributed by atoms with E-state index in [0.29, 0.717) is 11.3 Å². The number of methoxy groups -OCH3 is 1. The zero-order valence-electron chi connectivity index (χ0n) is 11.4. The summed E-state index contributed by atoms with van der Waals surface area (Å²) in [6.45, 7) is 0. The van der Waals surface area contributed by atoms with Gasteiger partial charge in [-0.3, -0.25) is 4.79 Å². The molecule has 5 heteroatoms. The third kappa shape index (κ3) is 3.80. The molecule has 0 aliphatic carbocycles. The molecular formula is C16H13FN2O2. The first-order valence-electron chi connectivity index (χ1n) is 6.25. The summed E-state index contributed by atoms with van der Waals surface area (Å²) in [7, 11) is 1.47. The van der Waals surface area contributed by atoms with E-state index in [2.05, 4.69) is 5.32 Å². The lowest BCUT2D eigenvalue weighted by Gasteiger charge is -2.08. The van der Waals surface area contributed by atoms with Crippen LogP contribution in [0.25, 0.3) is 0 Å². The van der Waals surface area contributed by atoms with Gasteiger partial charge in [-0.15, -0.1) is 0 Å². The quantitative estimate of drug-likeness (QED) is 0.939. The largest absolute Gasteiger partial charge is 0.497 e. The maximum Gasteiger partial charge on any atom is 0.228 e. The molecule has 0 spiro atoms. The van der Waals surface area contributed by atoms with Crippen molar-refractivity contribution < 1.29 is 13.9 Å². The van der Waals surface area contributed by atoms with Crippen LogP contribution < -0.4 is 10.1 Å². The molecule has 106 valence electrons. The SMILES string of the molecule is COc1ccc(F)c(NC(=O)Cc2ccc(C#N)cc2)c1. The summed E-state index contributed by atoms with van der Waals surface area (Å²) in [6.07, 6.45) is 0.0996. The lowest BCUT2D eigenvalue weighted by Crippen LogP contribution is -2.15. The van der Waals surface area contributed by atoms with Gasteiger partial charge in [0.15, 0.2) is 0 Å². The van der Waals surface area contributed by atoms with Gasteiger partial charge in [0.1, 0.15) is 11.6 Å². The van der Waals surface area contributed by atoms with Crippen molar-refractivity contribution in [1.82, 2.24) is 0 Å². The van der Waals surface area contributed by atoms with Gasteiger partial charge < -0.3 is 10.1 Å². The zero-order chi connectivity index (χ0) is 15.2. The molecule has 0 radical (unpaired) electrons. The molecule has 2 rings (SSSR count). The predicted octanol–water partition coefficient (Wildman–Crippen LogP) is 2.89. The maximum absolute atomic E-state index is 13.6. The summed E-state index contributed by atoms with van der Waals surface area (Å²) in [5.41, 5.74) is 1.35. The number of nitriles is 1. The molecule has 4 nitrogen and oxygen atoms in total. The highest BCUT2D eigenvalue weighted by atomic mass is 19.1. The number of rotatable bonds is 4. The van der Waals surface area contributed by atoms with Crippen molar-refractivity contribution >= 4 is 11.6 Å². The second-order valence-corrected chi connectivity index (χ2v) is 4.38. The minimum absolute atomic E-state index is 0.0768. The van der Waals surface area contributed by atoms with Gasteiger partial charge in [-0.2, -0.15) is 5.26 Å². The van der Waals surface area contributed by atoms with Gasteiger partial charge in [0, 0.05) is 6.07 Å². The van der Waals surface area contributed by atoms with Crippen LogP contribution in [0.15, 0.2) is 42.5 Å². The Morgan fingerprint density at radius 1 is 1.29 bits per heavy atom. The number of carbonyl (C=O) groups excluding carboxylic acids is 1. The monoisotopic (exact) mass is 284 g/mol. The third-order valence-electron chi connectivity index (χ3n) is 2.90. The maximum atomic E-state index is 13.6. The third-order valence-corrected chi connectivity index (χ3v) is 2.90. The van der Waals surface area contributed by atoms with Crippen LogP contribution in [0.4, 0.5) is 10.1 Å². The number of anilines is 1. The molecule has 0 heterocycles. The molecule has 0 saturated heterocycles. The molecule has 1 amide bonds. The van der Waals surface area contributed by atoms with E-state index in [0.717, 1.165) is 5.56 Å². The average Bonchev–Trinajstić information content (AvgIpc) is 2.50. The molecule has 2 aromatic rings. The van der Waals surface area contributed by atoms with Crippen molar-refractivity contribution in [3.8, 4) is 11.8 Å². The lowest BCUT2D eigenvalue weighted by atomic mass is 10.1. The molecule has 2 aromatic carbocycles. The minimum atomic E-state index is -0.524. The van der Waals surface area contributed by atoms with Gasteiger partial charge in [-0.1, -0.05) is 12.1 Å². The Hall–Kier alpha value is -2.87. The van der Waals surface area contributed by atoms with Gasteiger partial charge in [0.05, 0.1) is 30.9 Å². The van der Waals surface area contributed by atoms with Gasteiger partial charge in [0.2, 0.25) is 5.91 Å². The summed E-state index contributed by atoms with van der Waals surface area (Å²) in [5.74, 6) is -0.402. The Morgan fingerprint density at radius 3 is 2.62 bits per heavy atom. The van der Waals surface area contributed by atoms with Crippen LogP contribution in [0.5, 0.6) is 5.75 Å². The number of amides is 1. The fraction of sp³-hybridized carbons (Fsp3) is 0.125. The Balaban J connectivity index is 2.06. The predicted molar refractivity (Wildman–Crippen MR) is 76.4 cm³/mol. The molecule has 21 heavy (non-hydrogen) atoms. The molecule has 0 unspecified atom stereocenters. The van der Waals surface area contributed by atoms with Gasteiger partial charge in [0.25, 0.3) is 0 Å². The highest BCUT2D eigenvalue weighted by molar-refractivity contribution is 5.92. The first-order valence-corrected chi connectivity index (χ1v) is 6.25. The Morgan fingerprint density at radius 2 is 2.00 bits per heavy atom. The van der Waals surface area contributed by atoms with E-state index >= 15 is 0 Å². The van der Waals surface area contributed by atoms with Crippen LogP contribution in [0, 0.1) is 17.1 Å². The summed E-state index contributed by atoms with van der Waals surface area (Å²) < 4.78 is 18.6. The summed E-state index contributed by atoms with van der Waals surface area (Å²) >= 11 is 0. The molecule has 0 atom stereocenters. The summed E-state index contributed by atoms with van der Waals surface area (Å²) in [5, 5.41) is 11.2. The summed E-state index contributed by atoms with van der Waals surface area (Å²) in [4.78, 5) is 11.9. The number of nitrogens with zero attached hydrogens (tertiary/aromatic N) is 1. The van der Waals surface area contributed by atoms with Crippen LogP contribution in [-0.4, -0.2) is 13.0 Å². The van der Waals surface area contributed by atoms with E-state index < -0.39 is 5.82 Å². The van der Waals surface area contributed by atoms with E-state index in [9.17, 15) is 9.18 Å². The number of benzene rings is 2. The Labute approximate surface area is 121 Å². The number of ether oxygens (including phenoxy) is 1. The van der Waals surface area contributed by atoms with Crippen LogP contribution in [0.3, 0.4) is 0 Å². The van der Waals surface area contributed by atoms with Crippen LogP contribution in [0.1, 0.15) is 11.1 Å². The Bertz CT molecular complexity index is 690. The number of nitrogens with one attached hydrogen (secondary N) is 1. The topological polar surface area (TPSA) is 62.1 Å². The van der Waals surface area contributed by atoms with Gasteiger partial charge in [-0.05, 0) is 29.8 Å². The smallest absolute Gasteiger partial charge is 0.228 e. The van der Waals surface area contributed by atoms with E-state index in [1.54, 1.807) is 24.3 Å². The number of hydrogen-bond acceptors (Lipinski definition) is 3. The van der Waals surface area contributed by atoms with Gasteiger partial charge in [-0.25, -0.2) is 4.39 Å². The average molecular weight is 284 g/mol. The first-order chi connectivity index (χ1) is 10.1. The van der Waals surface area contributed by atoms with Crippen LogP contribution >= 0.6 is 0 Å². The molecule has 0 fully saturated rings. The summed E-state index contributed by atoms with van der Waals surface area (Å²) in [6, 6.07) is 12.8. The number of hydrogen-bond donors (Lipinski definition) is 1. The first kappa shape index (κ1) is 14.5. The van der Waals surface area contributed by atoms with Crippen molar-refractivity contribution in [1.29, 1.82) is 5.26 Å². The highest BCUT2D eigenvalue weighted by Crippen LogP contribution is 2.21. The molecule has 0 aromatic heterocycles. The Kier molecular flexibility index (Phi) is 4.52. The van der Waals surface area contributed by atoms with Gasteiger partial charge >= 0.3 is 0 Å². The van der Waals surface area contributed by atoms with E-state index in [-0.39, 0.29) is 18.0 Å². The van der Waals surface area contributed by atoms with E-state index in [1.807, 2.05) is 6.07 Å². The van der Waals surface area contributed by atoms with Crippen molar-refractivity contribution in [2.24, 2.45) is 0 Å². The van der Waals surface area contributed by atoms with Crippen molar-refractivity contribution in [2.45, 2.75) is 6.42 Å². The zero-order valence-corrected chi connectivity index (χ0v) is 11.4. The second kappa shape index (κ2) is 6.53. The fourth-order valence-electron chi connectivity index (χ4n) is 1.80. The van der Waals surface area contributed by atoms with E-state index in [1.165, 1.54) is 25.3 Å². The van der Waals surface area contributed by atoms with Crippen LogP contribution in [0.2, 0.25) is 0 Å². The number of halogens is 1. The highest BCUT2D eigenvalue weighted by Gasteiger charge is 2.09. The molecule has 0 aliphatic rings. The molecule has 1 N–H and O–H groups in total. The lowest BCUT2D eigenvalue weighted by molar-refractivity contribution is -0.115. The van der Waals surface area contributed by atoms with Crippen molar-refractivity contribution in [3.05, 3.63) is 59.4 Å².